The van der Waals surface area contributed by atoms with E-state index in [4.69, 9.17) is 5.73 Å². The molecule has 0 aliphatic heterocycles. The highest BCUT2D eigenvalue weighted by atomic mass is 16.2. The average molecular weight is 254 g/mol. The normalized spacial score (nSPS) is 10.7. The Morgan fingerprint density at radius 3 is 2.89 bits per heavy atom. The fraction of sp³-hybridized carbons (Fsp3) is 0. The smallest absolute Gasteiger partial charge is 0.282 e. The van der Waals surface area contributed by atoms with E-state index in [1.54, 1.807) is 18.3 Å². The molecule has 3 N–H and O–H groups in total. The Morgan fingerprint density at radius 1 is 1.32 bits per heavy atom. The van der Waals surface area contributed by atoms with Crippen molar-refractivity contribution in [2.45, 2.75) is 0 Å². The van der Waals surface area contributed by atoms with E-state index in [0.717, 1.165) is 11.6 Å². The van der Waals surface area contributed by atoms with E-state index in [-0.39, 0.29) is 17.2 Å². The van der Waals surface area contributed by atoms with Crippen LogP contribution in [-0.2, 0) is 0 Å². The zero-order valence-electron chi connectivity index (χ0n) is 9.83. The fourth-order valence-electron chi connectivity index (χ4n) is 1.97. The number of carbonyl (C=O) groups excluding carboxylic acids is 1. The summed E-state index contributed by atoms with van der Waals surface area (Å²) in [5, 5.41) is 0.873. The van der Waals surface area contributed by atoms with Crippen LogP contribution in [0.5, 0.6) is 0 Å². The number of hydrogen-bond donors (Lipinski definition) is 2. The number of anilines is 1. The number of H-pyrrole nitrogens is 1. The average Bonchev–Trinajstić information content (AvgIpc) is 2.84. The second kappa shape index (κ2) is 4.09. The van der Waals surface area contributed by atoms with Crippen molar-refractivity contribution in [2.75, 3.05) is 5.73 Å². The molecule has 19 heavy (non-hydrogen) atoms. The number of nitrogens with one attached hydrogen (secondary N) is 1. The minimum atomic E-state index is -0.353. The number of para-hydroxylation sites is 1. The molecular formula is C13H10N4O2. The molecule has 3 aromatic rings. The summed E-state index contributed by atoms with van der Waals surface area (Å²) in [7, 11) is 0. The van der Waals surface area contributed by atoms with Gasteiger partial charge in [-0.25, -0.2) is 4.98 Å². The van der Waals surface area contributed by atoms with Crippen molar-refractivity contribution in [3.05, 3.63) is 58.9 Å². The molecule has 0 radical (unpaired) electrons. The predicted octanol–water partition coefficient (Wildman–Crippen LogP) is 0.995. The lowest BCUT2D eigenvalue weighted by atomic mass is 10.2. The number of fused-ring (bicyclic) bond motifs is 1. The first-order chi connectivity index (χ1) is 9.16. The Balaban J connectivity index is 2.17. The van der Waals surface area contributed by atoms with Crippen molar-refractivity contribution in [3.8, 4) is 0 Å². The molecular weight excluding hydrogens is 244 g/mol. The van der Waals surface area contributed by atoms with Crippen LogP contribution in [0.15, 0.2) is 47.7 Å². The molecule has 0 amide bonds. The van der Waals surface area contributed by atoms with Crippen LogP contribution < -0.4 is 11.3 Å². The summed E-state index contributed by atoms with van der Waals surface area (Å²) in [6.07, 6.45) is 3.99. The molecule has 0 bridgehead atoms. The summed E-state index contributed by atoms with van der Waals surface area (Å²) in [5.74, 6) is -0.343. The van der Waals surface area contributed by atoms with E-state index in [1.165, 1.54) is 10.8 Å². The number of carbonyl (C=O) groups is 1. The Morgan fingerprint density at radius 2 is 2.16 bits per heavy atom. The number of aromatic nitrogens is 3. The molecule has 6 nitrogen and oxygen atoms in total. The molecule has 2 aromatic heterocycles. The summed E-state index contributed by atoms with van der Waals surface area (Å²) < 4.78 is 1.42. The lowest BCUT2D eigenvalue weighted by molar-refractivity contribution is 0.0959. The third kappa shape index (κ3) is 1.79. The van der Waals surface area contributed by atoms with Gasteiger partial charge in [0.2, 0.25) is 0 Å². The van der Waals surface area contributed by atoms with Crippen molar-refractivity contribution in [1.82, 2.24) is 14.5 Å². The first kappa shape index (κ1) is 11.2. The molecule has 0 atom stereocenters. The lowest BCUT2D eigenvalue weighted by Gasteiger charge is -2.05. The number of nitrogens with zero attached hydrogens (tertiary/aromatic N) is 2. The summed E-state index contributed by atoms with van der Waals surface area (Å²) in [6.45, 7) is 0. The highest BCUT2D eigenvalue weighted by molar-refractivity contribution is 6.04. The van der Waals surface area contributed by atoms with Crippen molar-refractivity contribution in [1.29, 1.82) is 0 Å². The highest BCUT2D eigenvalue weighted by Crippen LogP contribution is 2.22. The summed E-state index contributed by atoms with van der Waals surface area (Å²) >= 11 is 0. The number of rotatable bonds is 1. The highest BCUT2D eigenvalue weighted by Gasteiger charge is 2.14. The Bertz CT molecular complexity index is 812. The maximum atomic E-state index is 12.3. The van der Waals surface area contributed by atoms with Crippen LogP contribution in [0.2, 0.25) is 0 Å². The Hall–Kier alpha value is -2.89. The van der Waals surface area contributed by atoms with Gasteiger partial charge in [0.05, 0.1) is 17.4 Å². The van der Waals surface area contributed by atoms with Gasteiger partial charge in [-0.3, -0.25) is 14.2 Å². The van der Waals surface area contributed by atoms with Gasteiger partial charge >= 0.3 is 0 Å². The van der Waals surface area contributed by atoms with Crippen LogP contribution in [0.3, 0.4) is 0 Å². The Labute approximate surface area is 107 Å². The molecule has 0 aliphatic carbocycles. The zero-order valence-corrected chi connectivity index (χ0v) is 9.83. The van der Waals surface area contributed by atoms with Gasteiger partial charge in [0.15, 0.2) is 0 Å². The molecule has 2 heterocycles. The van der Waals surface area contributed by atoms with Gasteiger partial charge in [-0.2, -0.15) is 0 Å². The molecule has 1 aromatic carbocycles. The number of nitrogens with two attached hydrogens (primary N) is 1. The number of nitrogen functional groups attached to an aromatic ring is 1. The molecule has 0 saturated heterocycles. The standard InChI is InChI=1S/C13H10N4O2/c14-9-3-1-2-8-4-5-17(12(8)9)13(19)10-6-16-11(18)7-15-10/h1-7H,14H2,(H,16,18). The van der Waals surface area contributed by atoms with Crippen LogP contribution in [0.1, 0.15) is 10.5 Å². The van der Waals surface area contributed by atoms with E-state index >= 15 is 0 Å². The van der Waals surface area contributed by atoms with Crippen LogP contribution in [0.25, 0.3) is 10.9 Å². The van der Waals surface area contributed by atoms with E-state index < -0.39 is 0 Å². The third-order valence-electron chi connectivity index (χ3n) is 2.85. The number of benzene rings is 1. The van der Waals surface area contributed by atoms with Gasteiger partial charge in [-0.15, -0.1) is 0 Å². The molecule has 3 rings (SSSR count). The summed E-state index contributed by atoms with van der Waals surface area (Å²) in [5.41, 5.74) is 6.84. The van der Waals surface area contributed by atoms with Gasteiger partial charge in [0.25, 0.3) is 11.5 Å². The molecule has 6 heteroatoms. The van der Waals surface area contributed by atoms with Gasteiger partial charge in [-0.05, 0) is 12.1 Å². The van der Waals surface area contributed by atoms with Gasteiger partial charge in [-0.1, -0.05) is 12.1 Å². The van der Waals surface area contributed by atoms with E-state index in [0.29, 0.717) is 11.2 Å². The molecule has 0 spiro atoms. The maximum Gasteiger partial charge on any atom is 0.282 e. The minimum absolute atomic E-state index is 0.153. The molecule has 0 unspecified atom stereocenters. The van der Waals surface area contributed by atoms with Crippen molar-refractivity contribution < 1.29 is 4.79 Å². The minimum Gasteiger partial charge on any atom is -0.397 e. The SMILES string of the molecule is Nc1cccc2ccn(C(=O)c3c[nH]c(=O)cn3)c12. The van der Waals surface area contributed by atoms with E-state index in [9.17, 15) is 9.59 Å². The first-order valence-electron chi connectivity index (χ1n) is 5.62. The lowest BCUT2D eigenvalue weighted by Crippen LogP contribution is -2.16. The molecule has 0 aliphatic rings. The van der Waals surface area contributed by atoms with Gasteiger partial charge in [0.1, 0.15) is 5.69 Å². The topological polar surface area (TPSA) is 93.8 Å². The van der Waals surface area contributed by atoms with E-state index in [1.807, 2.05) is 12.1 Å². The quantitative estimate of drug-likeness (QED) is 0.633. The maximum absolute atomic E-state index is 12.3. The van der Waals surface area contributed by atoms with Crippen LogP contribution in [0.4, 0.5) is 5.69 Å². The molecule has 0 fully saturated rings. The number of aromatic amines is 1. The van der Waals surface area contributed by atoms with Gasteiger partial charge < -0.3 is 10.7 Å². The molecule has 94 valence electrons. The van der Waals surface area contributed by atoms with Crippen molar-refractivity contribution >= 4 is 22.5 Å². The molecule has 0 saturated carbocycles. The van der Waals surface area contributed by atoms with Crippen molar-refractivity contribution in [3.63, 3.8) is 0 Å². The van der Waals surface area contributed by atoms with Crippen LogP contribution in [0, 0.1) is 0 Å². The van der Waals surface area contributed by atoms with Crippen LogP contribution >= 0.6 is 0 Å². The largest absolute Gasteiger partial charge is 0.397 e. The summed E-state index contributed by atoms with van der Waals surface area (Å²) in [4.78, 5) is 29.5. The van der Waals surface area contributed by atoms with Crippen molar-refractivity contribution in [2.24, 2.45) is 0 Å². The predicted molar refractivity (Wildman–Crippen MR) is 70.9 cm³/mol. The Kier molecular flexibility index (Phi) is 2.42. The van der Waals surface area contributed by atoms with Crippen LogP contribution in [-0.4, -0.2) is 20.4 Å². The third-order valence-corrected chi connectivity index (χ3v) is 2.85. The monoisotopic (exact) mass is 254 g/mol. The second-order valence-electron chi connectivity index (χ2n) is 4.07. The summed E-state index contributed by atoms with van der Waals surface area (Å²) in [6, 6.07) is 7.22. The fourth-order valence-corrected chi connectivity index (χ4v) is 1.97. The van der Waals surface area contributed by atoms with Gasteiger partial charge in [0, 0.05) is 17.8 Å². The second-order valence-corrected chi connectivity index (χ2v) is 4.07. The first-order valence-corrected chi connectivity index (χ1v) is 5.62. The zero-order chi connectivity index (χ0) is 13.4. The van der Waals surface area contributed by atoms with E-state index in [2.05, 4.69) is 9.97 Å². The number of hydrogen-bond acceptors (Lipinski definition) is 4.